The Morgan fingerprint density at radius 2 is 1.90 bits per heavy atom. The highest BCUT2D eigenvalue weighted by atomic mass is 16.4. The van der Waals surface area contributed by atoms with Gasteiger partial charge in [0.15, 0.2) is 0 Å². The van der Waals surface area contributed by atoms with E-state index < -0.39 is 11.9 Å². The van der Waals surface area contributed by atoms with E-state index in [4.69, 9.17) is 5.11 Å². The molecule has 2 aromatic heterocycles. The number of carboxylic acids is 1. The minimum absolute atomic E-state index is 0.546. The first-order valence-electron chi connectivity index (χ1n) is 6.45. The zero-order valence-electron chi connectivity index (χ0n) is 11.8. The van der Waals surface area contributed by atoms with Crippen LogP contribution in [0.1, 0.15) is 41.3 Å². The molecular formula is C15H17N3O2. The van der Waals surface area contributed by atoms with Crippen molar-refractivity contribution in [1.82, 2.24) is 15.0 Å². The van der Waals surface area contributed by atoms with Crippen LogP contribution in [0.5, 0.6) is 0 Å². The quantitative estimate of drug-likeness (QED) is 0.923. The smallest absolute Gasteiger partial charge is 0.310 e. The van der Waals surface area contributed by atoms with E-state index in [9.17, 15) is 4.79 Å². The van der Waals surface area contributed by atoms with E-state index >= 15 is 0 Å². The number of hydrogen-bond donors (Lipinski definition) is 1. The predicted octanol–water partition coefficient (Wildman–Crippen LogP) is 2.27. The molecule has 0 aliphatic heterocycles. The second-order valence-corrected chi connectivity index (χ2v) is 4.78. The molecule has 0 aromatic carbocycles. The van der Waals surface area contributed by atoms with Gasteiger partial charge in [0, 0.05) is 28.8 Å². The molecule has 0 fully saturated rings. The Morgan fingerprint density at radius 3 is 2.40 bits per heavy atom. The van der Waals surface area contributed by atoms with E-state index in [0.29, 0.717) is 17.8 Å². The molecule has 1 atom stereocenters. The third-order valence-electron chi connectivity index (χ3n) is 3.24. The van der Waals surface area contributed by atoms with Crippen LogP contribution in [-0.2, 0) is 11.2 Å². The summed E-state index contributed by atoms with van der Waals surface area (Å²) in [5, 5.41) is 9.12. The molecule has 1 N–H and O–H groups in total. The zero-order chi connectivity index (χ0) is 14.7. The molecule has 0 bridgehead atoms. The maximum Gasteiger partial charge on any atom is 0.310 e. The monoisotopic (exact) mass is 271 g/mol. The van der Waals surface area contributed by atoms with Gasteiger partial charge in [0.05, 0.1) is 12.3 Å². The molecule has 0 saturated heterocycles. The molecule has 20 heavy (non-hydrogen) atoms. The molecule has 104 valence electrons. The summed E-state index contributed by atoms with van der Waals surface area (Å²) >= 11 is 0. The molecule has 0 aliphatic carbocycles. The molecule has 5 heteroatoms. The Hall–Kier alpha value is -2.30. The fourth-order valence-electron chi connectivity index (χ4n) is 2.29. The predicted molar refractivity (Wildman–Crippen MR) is 74.6 cm³/mol. The van der Waals surface area contributed by atoms with Crippen LogP contribution in [-0.4, -0.2) is 26.0 Å². The van der Waals surface area contributed by atoms with Crippen LogP contribution in [0.15, 0.2) is 24.4 Å². The van der Waals surface area contributed by atoms with Crippen molar-refractivity contribution in [3.8, 4) is 0 Å². The third kappa shape index (κ3) is 2.99. The summed E-state index contributed by atoms with van der Waals surface area (Å²) in [6.07, 6.45) is 2.28. The molecule has 1 unspecified atom stereocenters. The lowest BCUT2D eigenvalue weighted by molar-refractivity contribution is -0.138. The van der Waals surface area contributed by atoms with Gasteiger partial charge in [-0.2, -0.15) is 0 Å². The highest BCUT2D eigenvalue weighted by Crippen LogP contribution is 2.22. The lowest BCUT2D eigenvalue weighted by atomic mass is 9.98. The SMILES string of the molecule is Cc1nc(Cc2ccccn2)nc(C)c1C(C)C(=O)O. The molecule has 2 aromatic rings. The molecule has 0 amide bonds. The lowest BCUT2D eigenvalue weighted by Gasteiger charge is -2.14. The Balaban J connectivity index is 2.33. The van der Waals surface area contributed by atoms with Crippen LogP contribution in [0.3, 0.4) is 0 Å². The number of aryl methyl sites for hydroxylation is 2. The molecule has 0 saturated carbocycles. The van der Waals surface area contributed by atoms with Gasteiger partial charge in [-0.25, -0.2) is 9.97 Å². The zero-order valence-corrected chi connectivity index (χ0v) is 11.8. The van der Waals surface area contributed by atoms with Crippen molar-refractivity contribution in [1.29, 1.82) is 0 Å². The van der Waals surface area contributed by atoms with E-state index in [2.05, 4.69) is 15.0 Å². The minimum Gasteiger partial charge on any atom is -0.481 e. The maximum atomic E-state index is 11.1. The number of pyridine rings is 1. The number of carbonyl (C=O) groups is 1. The van der Waals surface area contributed by atoms with Gasteiger partial charge >= 0.3 is 5.97 Å². The molecule has 2 heterocycles. The van der Waals surface area contributed by atoms with Gasteiger partial charge in [-0.15, -0.1) is 0 Å². The van der Waals surface area contributed by atoms with E-state index in [1.807, 2.05) is 32.0 Å². The average molecular weight is 271 g/mol. The van der Waals surface area contributed by atoms with Gasteiger partial charge in [-0.3, -0.25) is 9.78 Å². The molecule has 2 rings (SSSR count). The van der Waals surface area contributed by atoms with E-state index in [1.54, 1.807) is 13.1 Å². The van der Waals surface area contributed by atoms with Crippen molar-refractivity contribution in [2.75, 3.05) is 0 Å². The number of nitrogens with zero attached hydrogens (tertiary/aromatic N) is 3. The Morgan fingerprint density at radius 1 is 1.25 bits per heavy atom. The van der Waals surface area contributed by atoms with Crippen LogP contribution in [0.25, 0.3) is 0 Å². The van der Waals surface area contributed by atoms with Gasteiger partial charge in [0.2, 0.25) is 0 Å². The first kappa shape index (κ1) is 14.1. The first-order chi connectivity index (χ1) is 9.49. The molecular weight excluding hydrogens is 254 g/mol. The normalized spacial score (nSPS) is 12.2. The van der Waals surface area contributed by atoms with Crippen LogP contribution >= 0.6 is 0 Å². The number of aromatic nitrogens is 3. The van der Waals surface area contributed by atoms with Crippen LogP contribution in [0, 0.1) is 13.8 Å². The van der Waals surface area contributed by atoms with Crippen LogP contribution in [0.2, 0.25) is 0 Å². The summed E-state index contributed by atoms with van der Waals surface area (Å²) in [6, 6.07) is 5.70. The Kier molecular flexibility index (Phi) is 4.08. The largest absolute Gasteiger partial charge is 0.481 e. The summed E-state index contributed by atoms with van der Waals surface area (Å²) in [5.74, 6) is -0.795. The van der Waals surface area contributed by atoms with Gasteiger partial charge < -0.3 is 5.11 Å². The van der Waals surface area contributed by atoms with E-state index in [-0.39, 0.29) is 0 Å². The summed E-state index contributed by atoms with van der Waals surface area (Å²) in [5.41, 5.74) is 3.03. The summed E-state index contributed by atoms with van der Waals surface area (Å²) in [6.45, 7) is 5.30. The summed E-state index contributed by atoms with van der Waals surface area (Å²) in [7, 11) is 0. The molecule has 0 radical (unpaired) electrons. The highest BCUT2D eigenvalue weighted by Gasteiger charge is 2.20. The lowest BCUT2D eigenvalue weighted by Crippen LogP contribution is -2.14. The van der Waals surface area contributed by atoms with Crippen molar-refractivity contribution in [2.45, 2.75) is 33.1 Å². The van der Waals surface area contributed by atoms with Crippen LogP contribution in [0.4, 0.5) is 0 Å². The van der Waals surface area contributed by atoms with E-state index in [0.717, 1.165) is 17.1 Å². The van der Waals surface area contributed by atoms with Crippen molar-refractivity contribution in [2.24, 2.45) is 0 Å². The average Bonchev–Trinajstić information content (AvgIpc) is 2.38. The highest BCUT2D eigenvalue weighted by molar-refractivity contribution is 5.76. The van der Waals surface area contributed by atoms with Gasteiger partial charge in [0.25, 0.3) is 0 Å². The van der Waals surface area contributed by atoms with Crippen molar-refractivity contribution < 1.29 is 9.90 Å². The number of rotatable bonds is 4. The number of hydrogen-bond acceptors (Lipinski definition) is 4. The molecule has 5 nitrogen and oxygen atoms in total. The summed E-state index contributed by atoms with van der Waals surface area (Å²) in [4.78, 5) is 24.2. The molecule has 0 spiro atoms. The topological polar surface area (TPSA) is 76.0 Å². The number of aliphatic carboxylic acids is 1. The first-order valence-corrected chi connectivity index (χ1v) is 6.45. The van der Waals surface area contributed by atoms with Crippen molar-refractivity contribution >= 4 is 5.97 Å². The second-order valence-electron chi connectivity index (χ2n) is 4.78. The minimum atomic E-state index is -0.864. The maximum absolute atomic E-state index is 11.1. The molecule has 0 aliphatic rings. The van der Waals surface area contributed by atoms with Crippen molar-refractivity contribution in [3.63, 3.8) is 0 Å². The van der Waals surface area contributed by atoms with E-state index in [1.165, 1.54) is 0 Å². The Bertz CT molecular complexity index is 603. The van der Waals surface area contributed by atoms with Gasteiger partial charge in [-0.1, -0.05) is 6.07 Å². The fourth-order valence-corrected chi connectivity index (χ4v) is 2.29. The Labute approximate surface area is 117 Å². The van der Waals surface area contributed by atoms with Gasteiger partial charge in [-0.05, 0) is 32.9 Å². The van der Waals surface area contributed by atoms with Gasteiger partial charge in [0.1, 0.15) is 5.82 Å². The van der Waals surface area contributed by atoms with Crippen LogP contribution < -0.4 is 0 Å². The van der Waals surface area contributed by atoms with Crippen molar-refractivity contribution in [3.05, 3.63) is 52.9 Å². The number of carboxylic acid groups (broad SMARTS) is 1. The fraction of sp³-hybridized carbons (Fsp3) is 0.333. The third-order valence-corrected chi connectivity index (χ3v) is 3.24. The second kappa shape index (κ2) is 5.77. The summed E-state index contributed by atoms with van der Waals surface area (Å²) < 4.78 is 0. The standard InChI is InChI=1S/C15H17N3O2/c1-9(15(19)20)14-10(2)17-13(18-11(14)3)8-12-6-4-5-7-16-12/h4-7,9H,8H2,1-3H3,(H,19,20).